The van der Waals surface area contributed by atoms with Gasteiger partial charge in [0, 0.05) is 17.1 Å². The number of imide groups is 1. The molecule has 5 atom stereocenters. The summed E-state index contributed by atoms with van der Waals surface area (Å²) in [6.07, 6.45) is 2.96. The number of hydrogen-bond donors (Lipinski definition) is 1. The van der Waals surface area contributed by atoms with Crippen LogP contribution in [0.2, 0.25) is 5.02 Å². The molecule has 2 aliphatic carbocycles. The molecule has 3 amide bonds. The number of fused-ring (bicyclic) bond motifs is 5. The Balaban J connectivity index is 1.31. The summed E-state index contributed by atoms with van der Waals surface area (Å²) in [6.45, 7) is 1.31. The lowest BCUT2D eigenvalue weighted by atomic mass is 9.81. The molecular formula is C27H27ClN2O5. The average Bonchev–Trinajstić information content (AvgIpc) is 3.53. The number of carbonyl (C=O) groups is 4. The SMILES string of the molecule is Cc1ccc(NC(=O)COC(=O)[C@@H](Cc2ccccc2)N2C(=O)[C@@H]3[C@H]4CC[C@@H](C4)[C@@H]3C2=O)cc1Cl. The van der Waals surface area contributed by atoms with Crippen molar-refractivity contribution in [1.82, 2.24) is 4.90 Å². The largest absolute Gasteiger partial charge is 0.454 e. The smallest absolute Gasteiger partial charge is 0.330 e. The van der Waals surface area contributed by atoms with Crippen molar-refractivity contribution >= 4 is 41.0 Å². The van der Waals surface area contributed by atoms with Crippen molar-refractivity contribution in [1.29, 1.82) is 0 Å². The first kappa shape index (κ1) is 23.5. The van der Waals surface area contributed by atoms with Crippen LogP contribution in [-0.4, -0.2) is 41.2 Å². The number of rotatable bonds is 7. The van der Waals surface area contributed by atoms with Gasteiger partial charge < -0.3 is 10.1 Å². The van der Waals surface area contributed by atoms with Crippen LogP contribution in [0.4, 0.5) is 5.69 Å². The summed E-state index contributed by atoms with van der Waals surface area (Å²) in [5.74, 6) is -2.08. The first-order valence-electron chi connectivity index (χ1n) is 12.0. The van der Waals surface area contributed by atoms with E-state index >= 15 is 0 Å². The number of amides is 3. The maximum atomic E-state index is 13.4. The number of benzene rings is 2. The minimum absolute atomic E-state index is 0.140. The first-order valence-corrected chi connectivity index (χ1v) is 12.3. The van der Waals surface area contributed by atoms with Crippen molar-refractivity contribution in [2.45, 2.75) is 38.6 Å². The normalized spacial score (nSPS) is 25.5. The number of esters is 1. The van der Waals surface area contributed by atoms with Crippen LogP contribution in [0.3, 0.4) is 0 Å². The second-order valence-electron chi connectivity index (χ2n) is 9.76. The highest BCUT2D eigenvalue weighted by atomic mass is 35.5. The fourth-order valence-electron chi connectivity index (χ4n) is 5.96. The molecule has 2 saturated carbocycles. The molecule has 2 bridgehead atoms. The molecule has 3 fully saturated rings. The third kappa shape index (κ3) is 4.45. The van der Waals surface area contributed by atoms with Gasteiger partial charge in [-0.3, -0.25) is 19.3 Å². The van der Waals surface area contributed by atoms with E-state index in [-0.39, 0.29) is 41.9 Å². The predicted molar refractivity (Wildman–Crippen MR) is 129 cm³/mol. The average molecular weight is 495 g/mol. The van der Waals surface area contributed by atoms with Crippen LogP contribution in [0.15, 0.2) is 48.5 Å². The van der Waals surface area contributed by atoms with Gasteiger partial charge in [0.15, 0.2) is 6.61 Å². The molecule has 2 aromatic rings. The highest BCUT2D eigenvalue weighted by molar-refractivity contribution is 6.31. The predicted octanol–water partition coefficient (Wildman–Crippen LogP) is 3.77. The molecule has 0 spiro atoms. The van der Waals surface area contributed by atoms with E-state index in [0.717, 1.165) is 35.3 Å². The van der Waals surface area contributed by atoms with Crippen LogP contribution in [0.25, 0.3) is 0 Å². The van der Waals surface area contributed by atoms with Gasteiger partial charge in [-0.15, -0.1) is 0 Å². The van der Waals surface area contributed by atoms with Gasteiger partial charge in [-0.2, -0.15) is 0 Å². The lowest BCUT2D eigenvalue weighted by Gasteiger charge is -2.26. The molecule has 1 N–H and O–H groups in total. The summed E-state index contributed by atoms with van der Waals surface area (Å²) in [7, 11) is 0. The molecule has 182 valence electrons. The monoisotopic (exact) mass is 494 g/mol. The standard InChI is InChI=1S/C27H27ClN2O5/c1-15-7-10-19(13-20(15)28)29-22(31)14-35-27(34)21(11-16-5-3-2-4-6-16)30-25(32)23-17-8-9-18(12-17)24(23)26(30)33/h2-7,10,13,17-18,21,23-24H,8-9,11-12,14H2,1H3,(H,29,31)/t17-,18-,21+,23-,24+/m0/s1. The van der Waals surface area contributed by atoms with Gasteiger partial charge in [0.25, 0.3) is 5.91 Å². The molecule has 1 saturated heterocycles. The van der Waals surface area contributed by atoms with Crippen LogP contribution >= 0.6 is 11.6 Å². The zero-order valence-electron chi connectivity index (χ0n) is 19.4. The van der Waals surface area contributed by atoms with Crippen LogP contribution in [0.5, 0.6) is 0 Å². The van der Waals surface area contributed by atoms with E-state index in [4.69, 9.17) is 16.3 Å². The highest BCUT2D eigenvalue weighted by Crippen LogP contribution is 2.56. The van der Waals surface area contributed by atoms with Gasteiger partial charge in [0.2, 0.25) is 11.8 Å². The number of ether oxygens (including phenoxy) is 1. The van der Waals surface area contributed by atoms with E-state index in [0.29, 0.717) is 10.7 Å². The molecule has 7 nitrogen and oxygen atoms in total. The lowest BCUT2D eigenvalue weighted by Crippen LogP contribution is -2.48. The Morgan fingerprint density at radius 3 is 2.34 bits per heavy atom. The molecule has 0 aromatic heterocycles. The van der Waals surface area contributed by atoms with Crippen LogP contribution < -0.4 is 5.32 Å². The summed E-state index contributed by atoms with van der Waals surface area (Å²) in [5.41, 5.74) is 2.16. The number of nitrogens with zero attached hydrogens (tertiary/aromatic N) is 1. The number of nitrogens with one attached hydrogen (secondary N) is 1. The summed E-state index contributed by atoms with van der Waals surface area (Å²) in [5, 5.41) is 3.15. The fraction of sp³-hybridized carbons (Fsp3) is 0.407. The second kappa shape index (κ2) is 9.46. The maximum Gasteiger partial charge on any atom is 0.330 e. The third-order valence-corrected chi connectivity index (χ3v) is 8.03. The Morgan fingerprint density at radius 1 is 1.06 bits per heavy atom. The first-order chi connectivity index (χ1) is 16.8. The van der Waals surface area contributed by atoms with E-state index < -0.39 is 24.5 Å². The van der Waals surface area contributed by atoms with Gasteiger partial charge >= 0.3 is 5.97 Å². The Morgan fingerprint density at radius 2 is 1.71 bits per heavy atom. The summed E-state index contributed by atoms with van der Waals surface area (Å²) < 4.78 is 5.33. The van der Waals surface area contributed by atoms with Gasteiger partial charge in [0.05, 0.1) is 11.8 Å². The van der Waals surface area contributed by atoms with E-state index in [1.54, 1.807) is 18.2 Å². The summed E-state index contributed by atoms with van der Waals surface area (Å²) >= 11 is 6.10. The summed E-state index contributed by atoms with van der Waals surface area (Å²) in [4.78, 5) is 53.5. The number of likely N-dealkylation sites (tertiary alicyclic amines) is 1. The summed E-state index contributed by atoms with van der Waals surface area (Å²) in [6, 6.07) is 13.2. The van der Waals surface area contributed by atoms with E-state index in [9.17, 15) is 19.2 Å². The highest BCUT2D eigenvalue weighted by Gasteiger charge is 2.62. The third-order valence-electron chi connectivity index (χ3n) is 7.62. The van der Waals surface area contributed by atoms with Crippen molar-refractivity contribution in [2.24, 2.45) is 23.7 Å². The van der Waals surface area contributed by atoms with E-state index in [1.807, 2.05) is 37.3 Å². The molecule has 0 unspecified atom stereocenters. The molecular weight excluding hydrogens is 468 g/mol. The Hall–Kier alpha value is -3.19. The minimum atomic E-state index is -1.11. The van der Waals surface area contributed by atoms with Crippen molar-refractivity contribution in [2.75, 3.05) is 11.9 Å². The molecule has 5 rings (SSSR count). The van der Waals surface area contributed by atoms with Crippen LogP contribution in [-0.2, 0) is 30.3 Å². The Labute approximate surface area is 208 Å². The second-order valence-corrected chi connectivity index (χ2v) is 10.2. The van der Waals surface area contributed by atoms with Gasteiger partial charge in [-0.05, 0) is 61.3 Å². The Kier molecular flexibility index (Phi) is 6.36. The number of carbonyl (C=O) groups excluding carboxylic acids is 4. The quantitative estimate of drug-likeness (QED) is 0.467. The molecule has 2 aromatic carbocycles. The van der Waals surface area contributed by atoms with Crippen LogP contribution in [0.1, 0.15) is 30.4 Å². The number of anilines is 1. The molecule has 35 heavy (non-hydrogen) atoms. The van der Waals surface area contributed by atoms with Crippen molar-refractivity contribution in [3.8, 4) is 0 Å². The van der Waals surface area contributed by atoms with Crippen molar-refractivity contribution < 1.29 is 23.9 Å². The minimum Gasteiger partial charge on any atom is -0.454 e. The molecule has 0 radical (unpaired) electrons. The lowest BCUT2D eigenvalue weighted by molar-refractivity contribution is -0.160. The zero-order chi connectivity index (χ0) is 24.7. The molecule has 1 heterocycles. The zero-order valence-corrected chi connectivity index (χ0v) is 20.2. The number of halogens is 1. The molecule has 3 aliphatic rings. The topological polar surface area (TPSA) is 92.8 Å². The Bertz CT molecular complexity index is 1160. The fourth-order valence-corrected chi connectivity index (χ4v) is 6.14. The van der Waals surface area contributed by atoms with Crippen molar-refractivity contribution in [3.63, 3.8) is 0 Å². The van der Waals surface area contributed by atoms with E-state index in [1.165, 1.54) is 0 Å². The number of aryl methyl sites for hydroxylation is 1. The molecule has 8 heteroatoms. The maximum absolute atomic E-state index is 13.4. The van der Waals surface area contributed by atoms with Gasteiger partial charge in [-0.25, -0.2) is 4.79 Å². The van der Waals surface area contributed by atoms with Gasteiger partial charge in [0.1, 0.15) is 6.04 Å². The van der Waals surface area contributed by atoms with Crippen molar-refractivity contribution in [3.05, 3.63) is 64.7 Å². The molecule has 1 aliphatic heterocycles. The van der Waals surface area contributed by atoms with Gasteiger partial charge in [-0.1, -0.05) is 48.0 Å². The van der Waals surface area contributed by atoms with Crippen LogP contribution in [0, 0.1) is 30.6 Å². The number of hydrogen-bond acceptors (Lipinski definition) is 5. The van der Waals surface area contributed by atoms with E-state index in [2.05, 4.69) is 5.32 Å².